The van der Waals surface area contributed by atoms with Crippen LogP contribution in [0.3, 0.4) is 0 Å². The molecule has 2 aromatic heterocycles. The SMILES string of the molecule is CCCCCCn1c2ccccc2c2nnc(N/N=C/c3cc(Br)c(OCc4ccccc4)c(OC)c3)nc21. The fourth-order valence-corrected chi connectivity index (χ4v) is 5.10. The van der Waals surface area contributed by atoms with E-state index in [0.29, 0.717) is 24.1 Å². The molecule has 1 N–H and O–H groups in total. The number of para-hydroxylation sites is 1. The van der Waals surface area contributed by atoms with Gasteiger partial charge in [0.05, 0.1) is 23.3 Å². The van der Waals surface area contributed by atoms with E-state index in [4.69, 9.17) is 14.5 Å². The van der Waals surface area contributed by atoms with Gasteiger partial charge in [-0.3, -0.25) is 0 Å². The number of fused-ring (bicyclic) bond motifs is 3. The quantitative estimate of drug-likeness (QED) is 0.0933. The van der Waals surface area contributed by atoms with Gasteiger partial charge in [0, 0.05) is 11.9 Å². The Kier molecular flexibility index (Phi) is 8.68. The minimum atomic E-state index is 0.338. The molecule has 5 aromatic rings. The predicted molar refractivity (Wildman–Crippen MR) is 160 cm³/mol. The Balaban J connectivity index is 1.33. The summed E-state index contributed by atoms with van der Waals surface area (Å²) in [7, 11) is 1.62. The summed E-state index contributed by atoms with van der Waals surface area (Å²) in [6.45, 7) is 3.55. The highest BCUT2D eigenvalue weighted by molar-refractivity contribution is 9.10. The number of hydrazone groups is 1. The first kappa shape index (κ1) is 26.6. The molecule has 0 fully saturated rings. The maximum Gasteiger partial charge on any atom is 0.265 e. The molecular formula is C30H31BrN6O2. The summed E-state index contributed by atoms with van der Waals surface area (Å²) in [5.41, 5.74) is 7.56. The molecule has 8 nitrogen and oxygen atoms in total. The lowest BCUT2D eigenvalue weighted by Crippen LogP contribution is -2.03. The van der Waals surface area contributed by atoms with E-state index in [1.54, 1.807) is 13.3 Å². The van der Waals surface area contributed by atoms with Crippen molar-refractivity contribution in [1.29, 1.82) is 0 Å². The Hall–Kier alpha value is -3.98. The lowest BCUT2D eigenvalue weighted by Gasteiger charge is -2.13. The van der Waals surface area contributed by atoms with Crippen LogP contribution in [-0.2, 0) is 13.2 Å². The third kappa shape index (κ3) is 6.20. The highest BCUT2D eigenvalue weighted by Crippen LogP contribution is 2.37. The topological polar surface area (TPSA) is 86.5 Å². The third-order valence-corrected chi connectivity index (χ3v) is 7.05. The summed E-state index contributed by atoms with van der Waals surface area (Å²) in [4.78, 5) is 4.77. The van der Waals surface area contributed by atoms with Crippen LogP contribution in [0.2, 0.25) is 0 Å². The van der Waals surface area contributed by atoms with E-state index >= 15 is 0 Å². The van der Waals surface area contributed by atoms with Crippen LogP contribution >= 0.6 is 15.9 Å². The average Bonchev–Trinajstić information content (AvgIpc) is 3.28. The first-order valence-corrected chi connectivity index (χ1v) is 13.9. The van der Waals surface area contributed by atoms with Gasteiger partial charge in [-0.25, -0.2) is 5.43 Å². The van der Waals surface area contributed by atoms with Crippen molar-refractivity contribution < 1.29 is 9.47 Å². The second-order valence-corrected chi connectivity index (χ2v) is 10.1. The van der Waals surface area contributed by atoms with Crippen molar-refractivity contribution in [3.8, 4) is 11.5 Å². The normalized spacial score (nSPS) is 11.5. The van der Waals surface area contributed by atoms with Crippen LogP contribution in [0.25, 0.3) is 22.1 Å². The predicted octanol–water partition coefficient (Wildman–Crippen LogP) is 7.36. The largest absolute Gasteiger partial charge is 0.493 e. The van der Waals surface area contributed by atoms with Crippen LogP contribution in [0.1, 0.15) is 43.7 Å². The molecule has 0 amide bonds. The van der Waals surface area contributed by atoms with Crippen molar-refractivity contribution in [2.75, 3.05) is 12.5 Å². The van der Waals surface area contributed by atoms with Crippen molar-refractivity contribution in [2.24, 2.45) is 5.10 Å². The van der Waals surface area contributed by atoms with E-state index in [-0.39, 0.29) is 0 Å². The van der Waals surface area contributed by atoms with E-state index in [2.05, 4.69) is 60.3 Å². The van der Waals surface area contributed by atoms with Crippen LogP contribution in [0, 0.1) is 0 Å². The van der Waals surface area contributed by atoms with Gasteiger partial charge < -0.3 is 14.0 Å². The molecule has 0 spiro atoms. The molecule has 39 heavy (non-hydrogen) atoms. The third-order valence-electron chi connectivity index (χ3n) is 6.47. The second-order valence-electron chi connectivity index (χ2n) is 9.22. The molecule has 5 rings (SSSR count). The van der Waals surface area contributed by atoms with Crippen molar-refractivity contribution in [3.63, 3.8) is 0 Å². The molecule has 0 aliphatic heterocycles. The zero-order valence-electron chi connectivity index (χ0n) is 22.1. The van der Waals surface area contributed by atoms with Crippen molar-refractivity contribution in [3.05, 3.63) is 82.3 Å². The molecule has 0 unspecified atom stereocenters. The summed E-state index contributed by atoms with van der Waals surface area (Å²) in [6.07, 6.45) is 6.39. The zero-order valence-corrected chi connectivity index (χ0v) is 23.7. The second kappa shape index (κ2) is 12.7. The highest BCUT2D eigenvalue weighted by Gasteiger charge is 2.15. The van der Waals surface area contributed by atoms with Gasteiger partial charge in [-0.2, -0.15) is 10.1 Å². The Bertz CT molecular complexity index is 1590. The molecule has 3 aromatic carbocycles. The van der Waals surface area contributed by atoms with Crippen LogP contribution in [0.15, 0.2) is 76.3 Å². The monoisotopic (exact) mass is 586 g/mol. The van der Waals surface area contributed by atoms with Crippen LogP contribution in [0.4, 0.5) is 5.95 Å². The molecule has 0 atom stereocenters. The van der Waals surface area contributed by atoms with E-state index < -0.39 is 0 Å². The Morgan fingerprint density at radius 3 is 2.64 bits per heavy atom. The molecule has 0 saturated carbocycles. The summed E-state index contributed by atoms with van der Waals surface area (Å²) in [5.74, 6) is 1.58. The average molecular weight is 588 g/mol. The number of unbranched alkanes of at least 4 members (excludes halogenated alkanes) is 3. The molecule has 200 valence electrons. The Morgan fingerprint density at radius 1 is 1.00 bits per heavy atom. The number of anilines is 1. The fourth-order valence-electron chi connectivity index (χ4n) is 4.52. The molecule has 0 saturated heterocycles. The van der Waals surface area contributed by atoms with Crippen LogP contribution < -0.4 is 14.9 Å². The summed E-state index contributed by atoms with van der Waals surface area (Å²) >= 11 is 3.61. The number of aryl methyl sites for hydroxylation is 1. The summed E-state index contributed by atoms with van der Waals surface area (Å²) < 4.78 is 14.6. The minimum Gasteiger partial charge on any atom is -0.493 e. The maximum atomic E-state index is 6.03. The van der Waals surface area contributed by atoms with Gasteiger partial charge in [-0.05, 0) is 51.7 Å². The van der Waals surface area contributed by atoms with Gasteiger partial charge in [-0.1, -0.05) is 74.7 Å². The number of rotatable bonds is 12. The highest BCUT2D eigenvalue weighted by atomic mass is 79.9. The summed E-state index contributed by atoms with van der Waals surface area (Å²) in [6, 6.07) is 22.0. The molecule has 9 heteroatoms. The molecule has 0 aliphatic rings. The summed E-state index contributed by atoms with van der Waals surface area (Å²) in [5, 5.41) is 14.2. The standard InChI is InChI=1S/C30H31BrN6O2/c1-3-4-5-11-16-37-25-15-10-9-14-23(25)27-29(37)33-30(36-34-27)35-32-19-22-17-24(31)28(26(18-22)38-2)39-20-21-12-7-6-8-13-21/h6-10,12-15,17-19H,3-5,11,16,20H2,1-2H3,(H,33,35,36)/b32-19+. The number of nitrogens with one attached hydrogen (secondary N) is 1. The lowest BCUT2D eigenvalue weighted by molar-refractivity contribution is 0.282. The van der Waals surface area contributed by atoms with Gasteiger partial charge in [0.25, 0.3) is 5.95 Å². The first-order chi connectivity index (χ1) is 19.2. The van der Waals surface area contributed by atoms with Gasteiger partial charge in [0.2, 0.25) is 0 Å². The number of hydrogen-bond acceptors (Lipinski definition) is 7. The first-order valence-electron chi connectivity index (χ1n) is 13.1. The number of aromatic nitrogens is 4. The number of nitrogens with zero attached hydrogens (tertiary/aromatic N) is 5. The molecule has 2 heterocycles. The van der Waals surface area contributed by atoms with Crippen LogP contribution in [0.5, 0.6) is 11.5 Å². The lowest BCUT2D eigenvalue weighted by atomic mass is 10.2. The fraction of sp³-hybridized carbons (Fsp3) is 0.267. The van der Waals surface area contributed by atoms with Crippen molar-refractivity contribution >= 4 is 50.2 Å². The smallest absolute Gasteiger partial charge is 0.265 e. The number of hydrogen-bond donors (Lipinski definition) is 1. The molecular weight excluding hydrogens is 556 g/mol. The van der Waals surface area contributed by atoms with Gasteiger partial charge in [0.15, 0.2) is 17.1 Å². The molecule has 0 bridgehead atoms. The van der Waals surface area contributed by atoms with E-state index in [9.17, 15) is 0 Å². The number of benzene rings is 3. The minimum absolute atomic E-state index is 0.338. The number of ether oxygens (including phenoxy) is 2. The van der Waals surface area contributed by atoms with Gasteiger partial charge >= 0.3 is 0 Å². The molecule has 0 aliphatic carbocycles. The van der Waals surface area contributed by atoms with Crippen LogP contribution in [-0.4, -0.2) is 33.1 Å². The Morgan fingerprint density at radius 2 is 1.82 bits per heavy atom. The van der Waals surface area contributed by atoms with Gasteiger partial charge in [-0.15, -0.1) is 10.2 Å². The number of halogens is 1. The Labute approximate surface area is 236 Å². The van der Waals surface area contributed by atoms with E-state index in [1.807, 2.05) is 54.6 Å². The van der Waals surface area contributed by atoms with Gasteiger partial charge in [0.1, 0.15) is 12.1 Å². The zero-order chi connectivity index (χ0) is 27.0. The van der Waals surface area contributed by atoms with Crippen molar-refractivity contribution in [2.45, 2.75) is 45.8 Å². The molecule has 0 radical (unpaired) electrons. The number of methoxy groups -OCH3 is 1. The van der Waals surface area contributed by atoms with Crippen molar-refractivity contribution in [1.82, 2.24) is 19.7 Å². The maximum absolute atomic E-state index is 6.03. The van der Waals surface area contributed by atoms with E-state index in [1.165, 1.54) is 19.3 Å². The van der Waals surface area contributed by atoms with E-state index in [0.717, 1.165) is 50.6 Å².